The zero-order valence-electron chi connectivity index (χ0n) is 9.10. The molecule has 3 aromatic rings. The predicted octanol–water partition coefficient (Wildman–Crippen LogP) is 3.37. The lowest BCUT2D eigenvalue weighted by atomic mass is 10.0. The summed E-state index contributed by atoms with van der Waals surface area (Å²) in [6.07, 6.45) is 0. The van der Waals surface area contributed by atoms with E-state index < -0.39 is 11.9 Å². The van der Waals surface area contributed by atoms with Gasteiger partial charge in [-0.25, -0.2) is 9.59 Å². The number of carbonyl (C=O) groups excluding carboxylic acids is 2. The molecule has 4 heteroatoms. The van der Waals surface area contributed by atoms with Crippen LogP contribution in [-0.2, 0) is 4.74 Å². The molecule has 4 rings (SSSR count). The van der Waals surface area contributed by atoms with Crippen LogP contribution >= 0.6 is 11.3 Å². The fourth-order valence-corrected chi connectivity index (χ4v) is 3.50. The molecule has 86 valence electrons. The number of esters is 2. The molecule has 0 amide bonds. The van der Waals surface area contributed by atoms with Gasteiger partial charge in [-0.2, -0.15) is 0 Å². The van der Waals surface area contributed by atoms with Crippen molar-refractivity contribution in [3.8, 4) is 0 Å². The van der Waals surface area contributed by atoms with Crippen LogP contribution in [0.1, 0.15) is 20.7 Å². The van der Waals surface area contributed by atoms with Gasteiger partial charge in [-0.05, 0) is 18.2 Å². The normalized spacial score (nSPS) is 14.2. The number of cyclic esters (lactones) is 2. The second-order valence-corrected chi connectivity index (χ2v) is 5.22. The van der Waals surface area contributed by atoms with E-state index in [1.807, 2.05) is 30.3 Å². The van der Waals surface area contributed by atoms with Crippen molar-refractivity contribution in [3.63, 3.8) is 0 Å². The van der Waals surface area contributed by atoms with Crippen molar-refractivity contribution in [2.75, 3.05) is 0 Å². The van der Waals surface area contributed by atoms with Gasteiger partial charge in [0.05, 0.1) is 11.1 Å². The zero-order chi connectivity index (χ0) is 12.3. The van der Waals surface area contributed by atoms with Gasteiger partial charge in [0.15, 0.2) is 0 Å². The van der Waals surface area contributed by atoms with Gasteiger partial charge in [0.25, 0.3) is 0 Å². The third-order valence-corrected chi connectivity index (χ3v) is 4.29. The van der Waals surface area contributed by atoms with Crippen LogP contribution in [0.2, 0.25) is 0 Å². The number of rotatable bonds is 0. The van der Waals surface area contributed by atoms with E-state index in [0.29, 0.717) is 11.1 Å². The maximum absolute atomic E-state index is 11.8. The van der Waals surface area contributed by atoms with Crippen LogP contribution in [-0.4, -0.2) is 11.9 Å². The Bertz CT molecular complexity index is 845. The average molecular weight is 254 g/mol. The highest BCUT2D eigenvalue weighted by Crippen LogP contribution is 2.39. The van der Waals surface area contributed by atoms with E-state index in [1.54, 1.807) is 17.4 Å². The van der Waals surface area contributed by atoms with Gasteiger partial charge in [0.2, 0.25) is 0 Å². The Kier molecular flexibility index (Phi) is 1.73. The lowest BCUT2D eigenvalue weighted by molar-refractivity contribution is 0.0444. The first-order chi connectivity index (χ1) is 8.75. The number of benzene rings is 2. The Morgan fingerprint density at radius 3 is 2.61 bits per heavy atom. The van der Waals surface area contributed by atoms with Crippen molar-refractivity contribution in [1.82, 2.24) is 0 Å². The van der Waals surface area contributed by atoms with E-state index in [0.717, 1.165) is 20.2 Å². The molecule has 0 saturated carbocycles. The van der Waals surface area contributed by atoms with E-state index in [2.05, 4.69) is 4.74 Å². The molecule has 1 aliphatic rings. The Morgan fingerprint density at radius 2 is 1.72 bits per heavy atom. The average Bonchev–Trinajstić information content (AvgIpc) is 2.87. The second kappa shape index (κ2) is 3.17. The second-order valence-electron chi connectivity index (χ2n) is 4.14. The Hall–Kier alpha value is -2.20. The molecule has 0 unspecified atom stereocenters. The van der Waals surface area contributed by atoms with E-state index in [1.165, 1.54) is 0 Å². The topological polar surface area (TPSA) is 43.4 Å². The van der Waals surface area contributed by atoms with Crippen molar-refractivity contribution in [2.24, 2.45) is 0 Å². The molecular formula is C14H6O3S. The highest BCUT2D eigenvalue weighted by Gasteiger charge is 2.32. The smallest absolute Gasteiger partial charge is 0.347 e. The Labute approximate surface area is 106 Å². The van der Waals surface area contributed by atoms with E-state index in [-0.39, 0.29) is 0 Å². The minimum Gasteiger partial charge on any atom is -0.386 e. The standard InChI is InChI=1S/C14H6O3S/c15-13-8-5-6-10-11(12(8)14(16)17-13)7-3-1-2-4-9(7)18-10/h1-6H. The Balaban J connectivity index is 2.29. The van der Waals surface area contributed by atoms with Crippen molar-refractivity contribution >= 4 is 43.4 Å². The molecule has 1 aliphatic heterocycles. The molecule has 1 aromatic heterocycles. The van der Waals surface area contributed by atoms with Crippen molar-refractivity contribution in [1.29, 1.82) is 0 Å². The van der Waals surface area contributed by atoms with Crippen LogP contribution < -0.4 is 0 Å². The molecule has 0 atom stereocenters. The maximum Gasteiger partial charge on any atom is 0.347 e. The maximum atomic E-state index is 11.8. The highest BCUT2D eigenvalue weighted by atomic mass is 32.1. The van der Waals surface area contributed by atoms with Gasteiger partial charge in [-0.15, -0.1) is 11.3 Å². The fourth-order valence-electron chi connectivity index (χ4n) is 2.39. The highest BCUT2D eigenvalue weighted by molar-refractivity contribution is 7.25. The lowest BCUT2D eigenvalue weighted by Crippen LogP contribution is -1.97. The number of thiophene rings is 1. The monoisotopic (exact) mass is 254 g/mol. The van der Waals surface area contributed by atoms with Crippen LogP contribution in [0.5, 0.6) is 0 Å². The molecule has 0 N–H and O–H groups in total. The summed E-state index contributed by atoms with van der Waals surface area (Å²) in [5.41, 5.74) is 0.783. The van der Waals surface area contributed by atoms with Gasteiger partial charge in [-0.3, -0.25) is 0 Å². The Morgan fingerprint density at radius 1 is 0.889 bits per heavy atom. The molecule has 0 aliphatic carbocycles. The van der Waals surface area contributed by atoms with E-state index in [9.17, 15) is 9.59 Å². The number of fused-ring (bicyclic) bond motifs is 5. The number of carbonyl (C=O) groups is 2. The fraction of sp³-hybridized carbons (Fsp3) is 0. The minimum absolute atomic E-state index is 0.371. The van der Waals surface area contributed by atoms with Crippen LogP contribution in [0.4, 0.5) is 0 Å². The minimum atomic E-state index is -0.549. The molecular weight excluding hydrogens is 248 g/mol. The van der Waals surface area contributed by atoms with E-state index in [4.69, 9.17) is 0 Å². The van der Waals surface area contributed by atoms with Gasteiger partial charge in [0.1, 0.15) is 0 Å². The molecule has 0 saturated heterocycles. The van der Waals surface area contributed by atoms with Gasteiger partial charge >= 0.3 is 11.9 Å². The number of hydrogen-bond acceptors (Lipinski definition) is 4. The zero-order valence-corrected chi connectivity index (χ0v) is 9.91. The molecule has 0 radical (unpaired) electrons. The van der Waals surface area contributed by atoms with Crippen molar-refractivity contribution in [2.45, 2.75) is 0 Å². The van der Waals surface area contributed by atoms with Crippen LogP contribution in [0, 0.1) is 0 Å². The SMILES string of the molecule is O=C1OC(=O)c2c1ccc1sc3ccccc3c21. The van der Waals surface area contributed by atoms with Crippen molar-refractivity contribution < 1.29 is 14.3 Å². The van der Waals surface area contributed by atoms with Crippen LogP contribution in [0.15, 0.2) is 36.4 Å². The van der Waals surface area contributed by atoms with Gasteiger partial charge in [0, 0.05) is 20.2 Å². The molecule has 2 aromatic carbocycles. The van der Waals surface area contributed by atoms with Crippen LogP contribution in [0.25, 0.3) is 20.2 Å². The summed E-state index contributed by atoms with van der Waals surface area (Å²) in [6, 6.07) is 11.4. The summed E-state index contributed by atoms with van der Waals surface area (Å²) in [6.45, 7) is 0. The van der Waals surface area contributed by atoms with Gasteiger partial charge < -0.3 is 4.74 Å². The van der Waals surface area contributed by atoms with Crippen molar-refractivity contribution in [3.05, 3.63) is 47.5 Å². The first-order valence-electron chi connectivity index (χ1n) is 5.46. The lowest BCUT2D eigenvalue weighted by Gasteiger charge is -1.96. The molecule has 3 nitrogen and oxygen atoms in total. The largest absolute Gasteiger partial charge is 0.386 e. The first-order valence-corrected chi connectivity index (χ1v) is 6.28. The quantitative estimate of drug-likeness (QED) is 0.456. The predicted molar refractivity (Wildman–Crippen MR) is 69.1 cm³/mol. The summed E-state index contributed by atoms with van der Waals surface area (Å²) in [7, 11) is 0. The molecule has 18 heavy (non-hydrogen) atoms. The number of hydrogen-bond donors (Lipinski definition) is 0. The van der Waals surface area contributed by atoms with Gasteiger partial charge in [-0.1, -0.05) is 18.2 Å². The summed E-state index contributed by atoms with van der Waals surface area (Å²) in [5.74, 6) is -1.09. The third kappa shape index (κ3) is 1.08. The molecule has 0 bridgehead atoms. The summed E-state index contributed by atoms with van der Waals surface area (Å²) < 4.78 is 6.79. The summed E-state index contributed by atoms with van der Waals surface area (Å²) in [5, 5.41) is 1.84. The van der Waals surface area contributed by atoms with E-state index >= 15 is 0 Å². The molecule has 0 fully saturated rings. The molecule has 0 spiro atoms. The first kappa shape index (κ1) is 9.79. The summed E-state index contributed by atoms with van der Waals surface area (Å²) >= 11 is 1.61. The third-order valence-electron chi connectivity index (χ3n) is 3.15. The molecule has 2 heterocycles. The van der Waals surface area contributed by atoms with Crippen LogP contribution in [0.3, 0.4) is 0 Å². The number of ether oxygens (including phenoxy) is 1. The summed E-state index contributed by atoms with van der Waals surface area (Å²) in [4.78, 5) is 23.3.